The molecule has 0 aliphatic heterocycles. The van der Waals surface area contributed by atoms with Crippen LogP contribution in [0, 0.1) is 11.8 Å². The lowest BCUT2D eigenvalue weighted by atomic mass is 10.1. The van der Waals surface area contributed by atoms with E-state index in [-0.39, 0.29) is 11.8 Å². The van der Waals surface area contributed by atoms with Crippen molar-refractivity contribution in [3.8, 4) is 5.75 Å². The Morgan fingerprint density at radius 2 is 2.24 bits per heavy atom. The fraction of sp³-hybridized carbons (Fsp3) is 0.462. The molecule has 3 N–H and O–H groups in total. The highest BCUT2D eigenvalue weighted by Gasteiger charge is 2.32. The van der Waals surface area contributed by atoms with Crippen molar-refractivity contribution in [2.75, 3.05) is 18.2 Å². The molecule has 1 aromatic rings. The number of benzene rings is 1. The zero-order valence-electron chi connectivity index (χ0n) is 10.2. The maximum atomic E-state index is 11.9. The summed E-state index contributed by atoms with van der Waals surface area (Å²) in [6, 6.07) is 5.23. The summed E-state index contributed by atoms with van der Waals surface area (Å²) in [5.41, 5.74) is 6.96. The van der Waals surface area contributed by atoms with Crippen LogP contribution in [0.3, 0.4) is 0 Å². The van der Waals surface area contributed by atoms with Gasteiger partial charge in [-0.05, 0) is 30.9 Å². The minimum Gasteiger partial charge on any atom is -0.494 e. The van der Waals surface area contributed by atoms with Crippen LogP contribution in [-0.4, -0.2) is 13.0 Å². The molecule has 0 heterocycles. The fourth-order valence-electron chi connectivity index (χ4n) is 1.87. The number of nitrogens with one attached hydrogen (secondary N) is 1. The third kappa shape index (κ3) is 2.70. The minimum atomic E-state index is 0.0515. The second-order valence-electron chi connectivity index (χ2n) is 4.58. The molecule has 1 aliphatic rings. The first-order chi connectivity index (χ1) is 8.11. The van der Waals surface area contributed by atoms with Crippen molar-refractivity contribution in [3.05, 3.63) is 18.2 Å². The van der Waals surface area contributed by atoms with Gasteiger partial charge in [0.1, 0.15) is 5.75 Å². The molecule has 0 radical (unpaired) electrons. The molecule has 1 amide bonds. The predicted octanol–water partition coefficient (Wildman–Crippen LogP) is 2.26. The molecular weight excluding hydrogens is 216 g/mol. The average Bonchev–Trinajstić information content (AvgIpc) is 3.14. The van der Waals surface area contributed by atoms with Gasteiger partial charge in [0, 0.05) is 17.7 Å². The number of amides is 1. The summed E-state index contributed by atoms with van der Waals surface area (Å²) < 4.78 is 5.19. The van der Waals surface area contributed by atoms with Gasteiger partial charge in [0.05, 0.1) is 12.8 Å². The van der Waals surface area contributed by atoms with E-state index in [9.17, 15) is 4.79 Å². The molecule has 1 atom stereocenters. The van der Waals surface area contributed by atoms with Crippen LogP contribution in [0.25, 0.3) is 0 Å². The topological polar surface area (TPSA) is 64.3 Å². The fourth-order valence-corrected chi connectivity index (χ4v) is 1.87. The van der Waals surface area contributed by atoms with E-state index in [1.54, 1.807) is 25.3 Å². The smallest absolute Gasteiger partial charge is 0.227 e. The van der Waals surface area contributed by atoms with Gasteiger partial charge in [-0.25, -0.2) is 0 Å². The van der Waals surface area contributed by atoms with Crippen LogP contribution in [0.2, 0.25) is 0 Å². The highest BCUT2D eigenvalue weighted by atomic mass is 16.5. The number of ether oxygens (including phenoxy) is 1. The van der Waals surface area contributed by atoms with Crippen LogP contribution >= 0.6 is 0 Å². The lowest BCUT2D eigenvalue weighted by molar-refractivity contribution is -0.119. The second kappa shape index (κ2) is 4.65. The van der Waals surface area contributed by atoms with Crippen LogP contribution in [0.4, 0.5) is 11.4 Å². The number of hydrogen-bond acceptors (Lipinski definition) is 3. The summed E-state index contributed by atoms with van der Waals surface area (Å²) in [6.45, 7) is 1.97. The maximum Gasteiger partial charge on any atom is 0.227 e. The summed E-state index contributed by atoms with van der Waals surface area (Å²) in [6.07, 6.45) is 2.32. The standard InChI is InChI=1S/C13H18N2O2/c1-8(9-3-4-9)13(16)15-11-6-5-10(14)7-12(11)17-2/h5-9H,3-4,14H2,1-2H3,(H,15,16). The molecular formula is C13H18N2O2. The molecule has 17 heavy (non-hydrogen) atoms. The number of anilines is 2. The molecule has 1 aliphatic carbocycles. The Morgan fingerprint density at radius 1 is 1.53 bits per heavy atom. The van der Waals surface area contributed by atoms with Crippen molar-refractivity contribution >= 4 is 17.3 Å². The summed E-state index contributed by atoms with van der Waals surface area (Å²) in [5.74, 6) is 1.27. The van der Waals surface area contributed by atoms with Crippen molar-refractivity contribution in [3.63, 3.8) is 0 Å². The molecule has 0 saturated heterocycles. The van der Waals surface area contributed by atoms with Gasteiger partial charge in [0.15, 0.2) is 0 Å². The molecule has 1 unspecified atom stereocenters. The van der Waals surface area contributed by atoms with Gasteiger partial charge in [-0.2, -0.15) is 0 Å². The van der Waals surface area contributed by atoms with Crippen LogP contribution in [0.1, 0.15) is 19.8 Å². The number of hydrogen-bond donors (Lipinski definition) is 2. The molecule has 1 saturated carbocycles. The molecule has 0 spiro atoms. The van der Waals surface area contributed by atoms with Crippen molar-refractivity contribution in [1.82, 2.24) is 0 Å². The molecule has 4 nitrogen and oxygen atoms in total. The van der Waals surface area contributed by atoms with E-state index >= 15 is 0 Å². The lowest BCUT2D eigenvalue weighted by Crippen LogP contribution is -2.22. The molecule has 2 rings (SSSR count). The van der Waals surface area contributed by atoms with E-state index < -0.39 is 0 Å². The molecule has 4 heteroatoms. The number of nitrogens with two attached hydrogens (primary N) is 1. The Hall–Kier alpha value is -1.71. The number of rotatable bonds is 4. The quantitative estimate of drug-likeness (QED) is 0.785. The van der Waals surface area contributed by atoms with Crippen molar-refractivity contribution in [1.29, 1.82) is 0 Å². The van der Waals surface area contributed by atoms with Crippen molar-refractivity contribution in [2.24, 2.45) is 11.8 Å². The van der Waals surface area contributed by atoms with Crippen LogP contribution in [-0.2, 0) is 4.79 Å². The van der Waals surface area contributed by atoms with Gasteiger partial charge in [0.25, 0.3) is 0 Å². The van der Waals surface area contributed by atoms with Gasteiger partial charge >= 0.3 is 0 Å². The Bertz CT molecular complexity index is 427. The third-order valence-corrected chi connectivity index (χ3v) is 3.23. The van der Waals surface area contributed by atoms with Gasteiger partial charge < -0.3 is 15.8 Å². The van der Waals surface area contributed by atoms with Gasteiger partial charge in [-0.3, -0.25) is 4.79 Å². The Labute approximate surface area is 101 Å². The first kappa shape index (κ1) is 11.8. The Kier molecular flexibility index (Phi) is 3.22. The van der Waals surface area contributed by atoms with Crippen LogP contribution < -0.4 is 15.8 Å². The Morgan fingerprint density at radius 3 is 2.82 bits per heavy atom. The number of methoxy groups -OCH3 is 1. The molecule has 1 aromatic carbocycles. The summed E-state index contributed by atoms with van der Waals surface area (Å²) >= 11 is 0. The maximum absolute atomic E-state index is 11.9. The normalized spacial score (nSPS) is 16.4. The molecule has 92 valence electrons. The highest BCUT2D eigenvalue weighted by Crippen LogP contribution is 2.37. The third-order valence-electron chi connectivity index (χ3n) is 3.23. The zero-order valence-corrected chi connectivity index (χ0v) is 10.2. The largest absolute Gasteiger partial charge is 0.494 e. The zero-order chi connectivity index (χ0) is 12.4. The van der Waals surface area contributed by atoms with E-state index in [0.29, 0.717) is 23.0 Å². The van der Waals surface area contributed by atoms with E-state index in [2.05, 4.69) is 5.32 Å². The summed E-state index contributed by atoms with van der Waals surface area (Å²) in [7, 11) is 1.56. The monoisotopic (exact) mass is 234 g/mol. The van der Waals surface area contributed by atoms with Crippen molar-refractivity contribution < 1.29 is 9.53 Å². The van der Waals surface area contributed by atoms with Gasteiger partial charge in [-0.15, -0.1) is 0 Å². The lowest BCUT2D eigenvalue weighted by Gasteiger charge is -2.14. The second-order valence-corrected chi connectivity index (χ2v) is 4.58. The van der Waals surface area contributed by atoms with Crippen LogP contribution in [0.15, 0.2) is 18.2 Å². The van der Waals surface area contributed by atoms with Crippen LogP contribution in [0.5, 0.6) is 5.75 Å². The average molecular weight is 234 g/mol. The molecule has 1 fully saturated rings. The first-order valence-electron chi connectivity index (χ1n) is 5.86. The van der Waals surface area contributed by atoms with Gasteiger partial charge in [-0.1, -0.05) is 6.92 Å². The predicted molar refractivity (Wildman–Crippen MR) is 67.9 cm³/mol. The Balaban J connectivity index is 2.09. The van der Waals surface area contributed by atoms with Crippen molar-refractivity contribution in [2.45, 2.75) is 19.8 Å². The molecule has 0 aromatic heterocycles. The van der Waals surface area contributed by atoms with E-state index in [4.69, 9.17) is 10.5 Å². The molecule has 0 bridgehead atoms. The first-order valence-corrected chi connectivity index (χ1v) is 5.86. The van der Waals surface area contributed by atoms with E-state index in [0.717, 1.165) is 12.8 Å². The van der Waals surface area contributed by atoms with Gasteiger partial charge in [0.2, 0.25) is 5.91 Å². The number of carbonyl (C=O) groups is 1. The number of carbonyl (C=O) groups excluding carboxylic acids is 1. The SMILES string of the molecule is COc1cc(N)ccc1NC(=O)C(C)C1CC1. The summed E-state index contributed by atoms with van der Waals surface area (Å²) in [5, 5.41) is 2.89. The highest BCUT2D eigenvalue weighted by molar-refractivity contribution is 5.94. The van der Waals surface area contributed by atoms with E-state index in [1.807, 2.05) is 6.92 Å². The summed E-state index contributed by atoms with van der Waals surface area (Å²) in [4.78, 5) is 11.9. The number of nitrogen functional groups attached to an aromatic ring is 1. The van der Waals surface area contributed by atoms with E-state index in [1.165, 1.54) is 0 Å². The minimum absolute atomic E-state index is 0.0515.